The molecule has 4 rings (SSSR count). The van der Waals surface area contributed by atoms with Crippen LogP contribution < -0.4 is 16.4 Å². The van der Waals surface area contributed by atoms with Crippen molar-refractivity contribution in [3.63, 3.8) is 0 Å². The van der Waals surface area contributed by atoms with Gasteiger partial charge in [0.1, 0.15) is 12.3 Å². The number of aryl methyl sites for hydroxylation is 2. The molecule has 254 valence electrons. The largest absolute Gasteiger partial charge is 0.423 e. The van der Waals surface area contributed by atoms with E-state index in [1.54, 1.807) is 38.2 Å². The summed E-state index contributed by atoms with van der Waals surface area (Å²) < 4.78 is 88.0. The standard InChI is InChI=1S/C31H36F6N6O3Si/c1-19-17-42(28(44)23-9-8-21(13-24(19)23)27-38-14-22(15-39-27)30(32,33)34)10-6-7-20(2)41-25-16-40-43(18-46-11-12-47(3,4)5)29(45)26(25)31(35,36)37/h8-9,13-17,20,41H,6-7,10-12,18H2,1-5H3/t20-/m0/s1. The van der Waals surface area contributed by atoms with Crippen molar-refractivity contribution in [2.75, 3.05) is 11.9 Å². The van der Waals surface area contributed by atoms with Crippen molar-refractivity contribution in [3.8, 4) is 11.4 Å². The van der Waals surface area contributed by atoms with E-state index in [1.165, 1.54) is 4.57 Å². The molecule has 3 heterocycles. The number of halogens is 6. The first-order valence-corrected chi connectivity index (χ1v) is 18.6. The van der Waals surface area contributed by atoms with E-state index in [0.29, 0.717) is 52.9 Å². The Morgan fingerprint density at radius 2 is 1.64 bits per heavy atom. The number of hydrogen-bond donors (Lipinski definition) is 1. The molecule has 1 atom stereocenters. The highest BCUT2D eigenvalue weighted by atomic mass is 28.3. The summed E-state index contributed by atoms with van der Waals surface area (Å²) in [6.45, 7) is 10.1. The third kappa shape index (κ3) is 9.06. The molecule has 3 aromatic heterocycles. The molecule has 47 heavy (non-hydrogen) atoms. The normalized spacial score (nSPS) is 13.3. The summed E-state index contributed by atoms with van der Waals surface area (Å²) in [7, 11) is -1.42. The van der Waals surface area contributed by atoms with Gasteiger partial charge in [-0.1, -0.05) is 25.7 Å². The first kappa shape index (κ1) is 35.8. The minimum atomic E-state index is -4.92. The van der Waals surface area contributed by atoms with Gasteiger partial charge in [0, 0.05) is 56.8 Å². The number of hydrogen-bond acceptors (Lipinski definition) is 7. The number of anilines is 1. The quantitative estimate of drug-likeness (QED) is 0.0980. The van der Waals surface area contributed by atoms with Gasteiger partial charge in [0.15, 0.2) is 5.82 Å². The topological polar surface area (TPSA) is 104 Å². The van der Waals surface area contributed by atoms with Crippen LogP contribution >= 0.6 is 0 Å². The third-order valence-corrected chi connectivity index (χ3v) is 9.20. The van der Waals surface area contributed by atoms with Crippen LogP contribution in [-0.2, 0) is 30.4 Å². The van der Waals surface area contributed by atoms with E-state index in [4.69, 9.17) is 4.74 Å². The van der Waals surface area contributed by atoms with Crippen LogP contribution in [0.2, 0.25) is 25.7 Å². The molecule has 4 aromatic rings. The number of alkyl halides is 6. The molecule has 0 unspecified atom stereocenters. The maximum atomic E-state index is 13.9. The zero-order valence-corrected chi connectivity index (χ0v) is 27.6. The fourth-order valence-corrected chi connectivity index (χ4v) is 5.66. The van der Waals surface area contributed by atoms with E-state index < -0.39 is 48.8 Å². The molecule has 0 spiro atoms. The minimum Gasteiger partial charge on any atom is -0.381 e. The van der Waals surface area contributed by atoms with Crippen molar-refractivity contribution in [2.24, 2.45) is 0 Å². The number of pyridine rings is 1. The Labute approximate surface area is 267 Å². The SMILES string of the molecule is Cc1cn(CCC[C@H](C)Nc2cnn(COCC[Si](C)(C)C)c(=O)c2C(F)(F)F)c(=O)c2ccc(-c3ncc(C(F)(F)F)cn3)cc12. The van der Waals surface area contributed by atoms with Crippen molar-refractivity contribution in [3.05, 3.63) is 80.4 Å². The summed E-state index contributed by atoms with van der Waals surface area (Å²) >= 11 is 0. The predicted octanol–water partition coefficient (Wildman–Crippen LogP) is 6.95. The van der Waals surface area contributed by atoms with E-state index in [9.17, 15) is 35.9 Å². The Balaban J connectivity index is 1.43. The second-order valence-corrected chi connectivity index (χ2v) is 18.3. The van der Waals surface area contributed by atoms with Gasteiger partial charge in [-0.2, -0.15) is 31.4 Å². The van der Waals surface area contributed by atoms with Crippen LogP contribution in [0.1, 0.15) is 36.5 Å². The molecule has 0 radical (unpaired) electrons. The number of benzene rings is 1. The van der Waals surface area contributed by atoms with Gasteiger partial charge in [0.05, 0.1) is 17.4 Å². The van der Waals surface area contributed by atoms with Gasteiger partial charge in [0.2, 0.25) is 0 Å². The monoisotopic (exact) mass is 682 g/mol. The van der Waals surface area contributed by atoms with Crippen LogP contribution in [0, 0.1) is 6.92 Å². The van der Waals surface area contributed by atoms with Crippen molar-refractivity contribution in [1.82, 2.24) is 24.3 Å². The molecule has 0 saturated heterocycles. The Morgan fingerprint density at radius 1 is 0.957 bits per heavy atom. The molecule has 0 aliphatic rings. The van der Waals surface area contributed by atoms with Crippen LogP contribution in [0.5, 0.6) is 0 Å². The molecule has 1 N–H and O–H groups in total. The third-order valence-electron chi connectivity index (χ3n) is 7.50. The lowest BCUT2D eigenvalue weighted by atomic mass is 10.0. The number of nitrogens with one attached hydrogen (secondary N) is 1. The molecular weight excluding hydrogens is 646 g/mol. The minimum absolute atomic E-state index is 0.0805. The smallest absolute Gasteiger partial charge is 0.381 e. The summed E-state index contributed by atoms with van der Waals surface area (Å²) in [6.07, 6.45) is -4.66. The second-order valence-electron chi connectivity index (χ2n) is 12.6. The Morgan fingerprint density at radius 3 is 2.26 bits per heavy atom. The van der Waals surface area contributed by atoms with Crippen LogP contribution in [-0.4, -0.2) is 45.0 Å². The van der Waals surface area contributed by atoms with Gasteiger partial charge < -0.3 is 14.6 Å². The van der Waals surface area contributed by atoms with Crippen LogP contribution in [0.15, 0.2) is 52.6 Å². The number of aromatic nitrogens is 5. The maximum Gasteiger partial charge on any atom is 0.423 e. The van der Waals surface area contributed by atoms with Crippen LogP contribution in [0.3, 0.4) is 0 Å². The molecule has 0 aliphatic heterocycles. The lowest BCUT2D eigenvalue weighted by molar-refractivity contribution is -0.139. The second kappa shape index (κ2) is 14.0. The average Bonchev–Trinajstić information content (AvgIpc) is 2.97. The molecule has 16 heteroatoms. The van der Waals surface area contributed by atoms with Crippen LogP contribution in [0.4, 0.5) is 32.0 Å². The van der Waals surface area contributed by atoms with Gasteiger partial charge in [-0.15, -0.1) is 0 Å². The van der Waals surface area contributed by atoms with Crippen molar-refractivity contribution < 1.29 is 31.1 Å². The first-order valence-electron chi connectivity index (χ1n) is 14.9. The molecule has 0 fully saturated rings. The van der Waals surface area contributed by atoms with E-state index in [0.717, 1.165) is 17.8 Å². The van der Waals surface area contributed by atoms with E-state index in [1.807, 2.05) is 0 Å². The summed E-state index contributed by atoms with van der Waals surface area (Å²) in [4.78, 5) is 33.6. The van der Waals surface area contributed by atoms with Crippen molar-refractivity contribution >= 4 is 24.5 Å². The van der Waals surface area contributed by atoms with Gasteiger partial charge >= 0.3 is 12.4 Å². The zero-order valence-electron chi connectivity index (χ0n) is 26.6. The van der Waals surface area contributed by atoms with Gasteiger partial charge in [-0.25, -0.2) is 14.6 Å². The highest BCUT2D eigenvalue weighted by Crippen LogP contribution is 2.32. The van der Waals surface area contributed by atoms with Crippen LogP contribution in [0.25, 0.3) is 22.2 Å². The fourth-order valence-electron chi connectivity index (χ4n) is 4.90. The highest BCUT2D eigenvalue weighted by Gasteiger charge is 2.38. The molecule has 9 nitrogen and oxygen atoms in total. The number of ether oxygens (including phenoxy) is 1. The number of nitrogens with zero attached hydrogens (tertiary/aromatic N) is 5. The Kier molecular flexibility index (Phi) is 10.6. The van der Waals surface area contributed by atoms with Crippen molar-refractivity contribution in [2.45, 2.75) is 84.0 Å². The summed E-state index contributed by atoms with van der Waals surface area (Å²) in [5.74, 6) is 0.0805. The van der Waals surface area contributed by atoms with Gasteiger partial charge in [0.25, 0.3) is 11.1 Å². The fraction of sp³-hybridized carbons (Fsp3) is 0.452. The number of rotatable bonds is 12. The molecule has 0 aliphatic carbocycles. The molecule has 0 saturated carbocycles. The average molecular weight is 683 g/mol. The summed E-state index contributed by atoms with van der Waals surface area (Å²) in [6, 6.07) is 5.06. The van der Waals surface area contributed by atoms with E-state index >= 15 is 0 Å². The van der Waals surface area contributed by atoms with Crippen molar-refractivity contribution in [1.29, 1.82) is 0 Å². The molecule has 1 aromatic carbocycles. The van der Waals surface area contributed by atoms with Gasteiger partial charge in [-0.05, 0) is 55.8 Å². The lowest BCUT2D eigenvalue weighted by Gasteiger charge is -2.20. The Hall–Kier alpha value is -4.05. The van der Waals surface area contributed by atoms with E-state index in [-0.39, 0.29) is 24.7 Å². The lowest BCUT2D eigenvalue weighted by Crippen LogP contribution is -2.34. The Bertz CT molecular complexity index is 1830. The van der Waals surface area contributed by atoms with E-state index in [2.05, 4.69) is 40.0 Å². The highest BCUT2D eigenvalue weighted by molar-refractivity contribution is 6.76. The molecular formula is C31H36F6N6O3Si. The first-order chi connectivity index (χ1) is 21.8. The number of fused-ring (bicyclic) bond motifs is 1. The molecule has 0 bridgehead atoms. The summed E-state index contributed by atoms with van der Waals surface area (Å²) in [5.41, 5.74) is -3.18. The predicted molar refractivity (Wildman–Crippen MR) is 169 cm³/mol. The summed E-state index contributed by atoms with van der Waals surface area (Å²) in [5, 5.41) is 7.62. The zero-order chi connectivity index (χ0) is 34.7. The molecule has 0 amide bonds. The maximum absolute atomic E-state index is 13.9. The van der Waals surface area contributed by atoms with Gasteiger partial charge in [-0.3, -0.25) is 9.59 Å².